The third-order valence-corrected chi connectivity index (χ3v) is 10.5. The van der Waals surface area contributed by atoms with Gasteiger partial charge in [0.1, 0.15) is 0 Å². The van der Waals surface area contributed by atoms with Crippen molar-refractivity contribution in [3.05, 3.63) is 182 Å². The normalized spacial score (nSPS) is 11.7. The van der Waals surface area contributed by atoms with Crippen molar-refractivity contribution in [2.45, 2.75) is 0 Å². The minimum absolute atomic E-state index is 0. The van der Waals surface area contributed by atoms with E-state index in [0.717, 1.165) is 50.3 Å². The quantitative estimate of drug-likeness (QED) is 0.179. The van der Waals surface area contributed by atoms with Crippen LogP contribution in [0.5, 0.6) is 0 Å². The molecule has 0 N–H and O–H groups in total. The molecule has 0 amide bonds. The van der Waals surface area contributed by atoms with Crippen LogP contribution in [-0.2, 0) is 18.6 Å². The van der Waals surface area contributed by atoms with Crippen LogP contribution >= 0.6 is 0 Å². The van der Waals surface area contributed by atoms with Crippen LogP contribution in [0.2, 0.25) is 0 Å². The zero-order valence-electron chi connectivity index (χ0n) is 28.1. The molecule has 0 aliphatic rings. The third-order valence-electron chi connectivity index (χ3n) is 10.5. The van der Waals surface area contributed by atoms with Crippen molar-refractivity contribution in [2.75, 3.05) is 0 Å². The van der Waals surface area contributed by atoms with E-state index in [1.165, 1.54) is 43.4 Å². The van der Waals surface area contributed by atoms with Crippen LogP contribution in [-0.4, -0.2) is 18.7 Å². The van der Waals surface area contributed by atoms with Crippen LogP contribution in [0, 0.1) is 0 Å². The first-order chi connectivity index (χ1) is 25.4. The molecule has 0 atom stereocenters. The molecule has 52 heavy (non-hydrogen) atoms. The molecular formula is C47H30N4V. The molecule has 0 saturated carbocycles. The molecule has 243 valence electrons. The number of nitrogens with zero attached hydrogens (tertiary/aromatic N) is 4. The molecule has 0 aliphatic carbocycles. The van der Waals surface area contributed by atoms with E-state index in [1.807, 2.05) is 12.4 Å². The second kappa shape index (κ2) is 11.9. The predicted octanol–water partition coefficient (Wildman–Crippen LogP) is 12.0. The minimum Gasteiger partial charge on any atom is -0.307 e. The molecule has 0 bridgehead atoms. The summed E-state index contributed by atoms with van der Waals surface area (Å²) in [5, 5.41) is 7.37. The first-order valence-corrected chi connectivity index (χ1v) is 17.4. The van der Waals surface area contributed by atoms with Gasteiger partial charge < -0.3 is 13.7 Å². The Kier molecular flexibility index (Phi) is 6.97. The van der Waals surface area contributed by atoms with Gasteiger partial charge in [0, 0.05) is 68.8 Å². The molecule has 0 aliphatic heterocycles. The Labute approximate surface area is 311 Å². The van der Waals surface area contributed by atoms with Crippen LogP contribution in [0.25, 0.3) is 93.6 Å². The topological polar surface area (TPSA) is 27.7 Å². The summed E-state index contributed by atoms with van der Waals surface area (Å²) in [6.07, 6.45) is 3.79. The van der Waals surface area contributed by atoms with Crippen LogP contribution in [0.4, 0.5) is 0 Å². The van der Waals surface area contributed by atoms with E-state index >= 15 is 0 Å². The molecule has 4 aromatic heterocycles. The van der Waals surface area contributed by atoms with Crippen molar-refractivity contribution in [3.63, 3.8) is 0 Å². The van der Waals surface area contributed by atoms with E-state index in [-0.39, 0.29) is 18.6 Å². The summed E-state index contributed by atoms with van der Waals surface area (Å²) in [6, 6.07) is 61.7. The van der Waals surface area contributed by atoms with E-state index in [9.17, 15) is 0 Å². The average molecular weight is 702 g/mol. The molecule has 4 nitrogen and oxygen atoms in total. The van der Waals surface area contributed by atoms with Gasteiger partial charge in [-0.25, -0.2) is 0 Å². The molecule has 11 rings (SSSR count). The Balaban J connectivity index is 0.00000338. The number of benzene rings is 7. The number of hydrogen-bond donors (Lipinski definition) is 0. The van der Waals surface area contributed by atoms with Crippen molar-refractivity contribution in [2.24, 2.45) is 0 Å². The molecule has 1 radical (unpaired) electrons. The van der Waals surface area contributed by atoms with Gasteiger partial charge in [-0.05, 0) is 60.2 Å². The fraction of sp³-hybridized carbons (Fsp3) is 0. The summed E-state index contributed by atoms with van der Waals surface area (Å²) in [5.74, 6) is 0. The van der Waals surface area contributed by atoms with Gasteiger partial charge in [0.15, 0.2) is 0 Å². The molecular weight excluding hydrogens is 671 g/mol. The summed E-state index contributed by atoms with van der Waals surface area (Å²) in [4.78, 5) is 4.43. The Bertz CT molecular complexity index is 2990. The third kappa shape index (κ3) is 4.26. The number of rotatable bonds is 4. The maximum absolute atomic E-state index is 4.43. The molecule has 5 heteroatoms. The van der Waals surface area contributed by atoms with Crippen LogP contribution in [0.1, 0.15) is 0 Å². The van der Waals surface area contributed by atoms with E-state index in [4.69, 9.17) is 0 Å². The van der Waals surface area contributed by atoms with Crippen molar-refractivity contribution in [3.8, 4) is 28.2 Å². The fourth-order valence-electron chi connectivity index (χ4n) is 8.47. The van der Waals surface area contributed by atoms with E-state index in [2.05, 4.69) is 189 Å². The van der Waals surface area contributed by atoms with E-state index in [1.54, 1.807) is 0 Å². The largest absolute Gasteiger partial charge is 0.307 e. The molecule has 4 heterocycles. The summed E-state index contributed by atoms with van der Waals surface area (Å²) >= 11 is 0. The monoisotopic (exact) mass is 701 g/mol. The predicted molar refractivity (Wildman–Crippen MR) is 213 cm³/mol. The van der Waals surface area contributed by atoms with E-state index in [0.29, 0.717) is 0 Å². The van der Waals surface area contributed by atoms with Gasteiger partial charge in [0.25, 0.3) is 0 Å². The van der Waals surface area contributed by atoms with Crippen molar-refractivity contribution in [1.29, 1.82) is 0 Å². The van der Waals surface area contributed by atoms with Gasteiger partial charge in [-0.1, -0.05) is 115 Å². The van der Waals surface area contributed by atoms with Crippen LogP contribution < -0.4 is 0 Å². The second-order valence-corrected chi connectivity index (χ2v) is 13.2. The second-order valence-electron chi connectivity index (χ2n) is 13.2. The number of hydrogen-bond acceptors (Lipinski definition) is 1. The Morgan fingerprint density at radius 2 is 0.635 bits per heavy atom. The Morgan fingerprint density at radius 1 is 0.308 bits per heavy atom. The Hall–Kier alpha value is -6.33. The number of aromatic nitrogens is 4. The Morgan fingerprint density at radius 3 is 1.02 bits per heavy atom. The SMILES string of the molecule is [V].c1ccc2c(c1)c1ccccc1n2-c1ccc(-c2ccncc2)c(-n2c3ccccc3c3ccccc32)c1-n1c2ccccc2c2ccccc21. The zero-order valence-corrected chi connectivity index (χ0v) is 29.5. The van der Waals surface area contributed by atoms with Crippen molar-refractivity contribution in [1.82, 2.24) is 18.7 Å². The molecule has 0 spiro atoms. The molecule has 0 saturated heterocycles. The van der Waals surface area contributed by atoms with E-state index < -0.39 is 0 Å². The summed E-state index contributed by atoms with van der Waals surface area (Å²) in [6.45, 7) is 0. The zero-order chi connectivity index (χ0) is 33.5. The summed E-state index contributed by atoms with van der Waals surface area (Å²) in [5.41, 5.74) is 12.6. The van der Waals surface area contributed by atoms with Gasteiger partial charge in [-0.15, -0.1) is 0 Å². The van der Waals surface area contributed by atoms with Gasteiger partial charge in [-0.3, -0.25) is 4.98 Å². The van der Waals surface area contributed by atoms with Gasteiger partial charge in [0.2, 0.25) is 0 Å². The summed E-state index contributed by atoms with van der Waals surface area (Å²) < 4.78 is 7.47. The van der Waals surface area contributed by atoms with Crippen molar-refractivity contribution < 1.29 is 18.6 Å². The number of fused-ring (bicyclic) bond motifs is 9. The number of pyridine rings is 1. The van der Waals surface area contributed by atoms with Crippen molar-refractivity contribution >= 4 is 65.4 Å². The molecule has 0 fully saturated rings. The average Bonchev–Trinajstić information content (AvgIpc) is 3.84. The number of para-hydroxylation sites is 6. The smallest absolute Gasteiger partial charge is 0.0953 e. The minimum atomic E-state index is 0. The molecule has 0 unspecified atom stereocenters. The van der Waals surface area contributed by atoms with Crippen LogP contribution in [0.3, 0.4) is 0 Å². The van der Waals surface area contributed by atoms with Gasteiger partial charge in [-0.2, -0.15) is 0 Å². The fourth-order valence-corrected chi connectivity index (χ4v) is 8.47. The van der Waals surface area contributed by atoms with Gasteiger partial charge >= 0.3 is 0 Å². The first-order valence-electron chi connectivity index (χ1n) is 17.4. The molecule has 11 aromatic rings. The van der Waals surface area contributed by atoms with Crippen LogP contribution in [0.15, 0.2) is 182 Å². The first kappa shape index (κ1) is 30.5. The maximum Gasteiger partial charge on any atom is 0.0953 e. The molecule has 7 aromatic carbocycles. The van der Waals surface area contributed by atoms with Gasteiger partial charge in [0.05, 0.1) is 50.2 Å². The maximum atomic E-state index is 4.43. The standard InChI is InChI=1S/C47H30N4.V/c1-7-19-39-33(13-1)34-14-2-8-20-40(34)49(39)45-26-25-32(31-27-29-48-30-28-31)46(50-41-21-9-3-15-35(41)36-16-4-10-22-42(36)50)47(45)51-43-23-11-5-17-37(43)38-18-6-12-24-44(38)51;/h1-30H;. The summed E-state index contributed by atoms with van der Waals surface area (Å²) in [7, 11) is 0.